The molecule has 0 bridgehead atoms. The van der Waals surface area contributed by atoms with Crippen LogP contribution in [-0.4, -0.2) is 27.1 Å². The van der Waals surface area contributed by atoms with Gasteiger partial charge in [0.25, 0.3) is 5.91 Å². The monoisotopic (exact) mass is 522 g/mol. The number of amides is 1. The van der Waals surface area contributed by atoms with Gasteiger partial charge in [-0.25, -0.2) is 5.43 Å². The molecule has 0 fully saturated rings. The van der Waals surface area contributed by atoms with Crippen molar-refractivity contribution in [3.63, 3.8) is 0 Å². The molecule has 1 N–H and O–H groups in total. The van der Waals surface area contributed by atoms with E-state index in [1.54, 1.807) is 54.6 Å². The molecule has 0 spiro atoms. The van der Waals surface area contributed by atoms with Crippen LogP contribution in [0.3, 0.4) is 0 Å². The van der Waals surface area contributed by atoms with Crippen molar-refractivity contribution >= 4 is 49.8 Å². The minimum absolute atomic E-state index is 0.0217. The number of nitrogens with zero attached hydrogens (tertiary/aromatic N) is 1. The van der Waals surface area contributed by atoms with Gasteiger partial charge in [-0.3, -0.25) is 4.79 Å². The molecule has 3 rings (SSSR count). The van der Waals surface area contributed by atoms with Gasteiger partial charge < -0.3 is 8.92 Å². The van der Waals surface area contributed by atoms with E-state index in [1.807, 2.05) is 0 Å². The molecule has 0 atom stereocenters. The normalized spacial score (nSPS) is 11.3. The van der Waals surface area contributed by atoms with Crippen molar-refractivity contribution in [2.75, 3.05) is 6.61 Å². The lowest BCUT2D eigenvalue weighted by Crippen LogP contribution is -2.24. The predicted octanol–water partition coefficient (Wildman–Crippen LogP) is 4.40. The van der Waals surface area contributed by atoms with Crippen molar-refractivity contribution < 1.29 is 22.1 Å². The maximum atomic E-state index is 12.5. The van der Waals surface area contributed by atoms with Gasteiger partial charge in [-0.05, 0) is 54.6 Å². The van der Waals surface area contributed by atoms with Crippen molar-refractivity contribution in [1.29, 1.82) is 0 Å². The molecule has 7 nitrogen and oxygen atoms in total. The molecule has 0 heterocycles. The van der Waals surface area contributed by atoms with Crippen molar-refractivity contribution in [1.82, 2.24) is 5.43 Å². The van der Waals surface area contributed by atoms with E-state index in [9.17, 15) is 13.2 Å². The molecule has 31 heavy (non-hydrogen) atoms. The lowest BCUT2D eigenvalue weighted by atomic mass is 10.2. The smallest absolute Gasteiger partial charge is 0.339 e. The topological polar surface area (TPSA) is 94.1 Å². The largest absolute Gasteiger partial charge is 0.484 e. The predicted molar refractivity (Wildman–Crippen MR) is 121 cm³/mol. The van der Waals surface area contributed by atoms with Crippen molar-refractivity contribution in [3.05, 3.63) is 87.9 Å². The number of rotatable bonds is 8. The first-order valence-corrected chi connectivity index (χ1v) is 11.4. The van der Waals surface area contributed by atoms with E-state index in [0.717, 1.165) is 0 Å². The van der Waals surface area contributed by atoms with Crippen LogP contribution in [0, 0.1) is 0 Å². The Morgan fingerprint density at radius 2 is 1.77 bits per heavy atom. The van der Waals surface area contributed by atoms with Crippen LogP contribution in [-0.2, 0) is 14.9 Å². The van der Waals surface area contributed by atoms with Gasteiger partial charge in [0.2, 0.25) is 0 Å². The minimum atomic E-state index is -4.03. The molecular formula is C21H16BrClN2O5S. The molecule has 160 valence electrons. The minimum Gasteiger partial charge on any atom is -0.484 e. The third-order valence-corrected chi connectivity index (χ3v) is 5.77. The number of carbonyl (C=O) groups excluding carboxylic acids is 1. The molecule has 0 saturated carbocycles. The van der Waals surface area contributed by atoms with Crippen molar-refractivity contribution in [2.45, 2.75) is 4.90 Å². The second-order valence-electron chi connectivity index (χ2n) is 6.07. The Morgan fingerprint density at radius 3 is 2.48 bits per heavy atom. The van der Waals surface area contributed by atoms with E-state index in [4.69, 9.17) is 20.5 Å². The number of ether oxygens (including phenoxy) is 1. The quantitative estimate of drug-likeness (QED) is 0.268. The number of carbonyl (C=O) groups is 1. The lowest BCUT2D eigenvalue weighted by molar-refractivity contribution is -0.123. The Balaban J connectivity index is 1.65. The van der Waals surface area contributed by atoms with E-state index in [1.165, 1.54) is 24.4 Å². The van der Waals surface area contributed by atoms with Crippen molar-refractivity contribution in [2.24, 2.45) is 5.10 Å². The summed E-state index contributed by atoms with van der Waals surface area (Å²) in [5.41, 5.74) is 2.65. The summed E-state index contributed by atoms with van der Waals surface area (Å²) in [7, 11) is -4.03. The van der Waals surface area contributed by atoms with Crippen LogP contribution in [0.2, 0.25) is 5.02 Å². The number of hydrogen-bond donors (Lipinski definition) is 1. The number of hydrazone groups is 1. The fourth-order valence-corrected chi connectivity index (χ4v) is 3.81. The van der Waals surface area contributed by atoms with E-state index in [2.05, 4.69) is 26.5 Å². The molecule has 0 aliphatic rings. The second-order valence-corrected chi connectivity index (χ2v) is 8.97. The Hall–Kier alpha value is -2.88. The number of hydrogen-bond acceptors (Lipinski definition) is 6. The Labute approximate surface area is 192 Å². The highest BCUT2D eigenvalue weighted by molar-refractivity contribution is 9.10. The number of nitrogens with one attached hydrogen (secondary N) is 1. The van der Waals surface area contributed by atoms with Crippen LogP contribution in [0.1, 0.15) is 5.56 Å². The summed E-state index contributed by atoms with van der Waals surface area (Å²) in [5, 5.41) is 4.41. The zero-order chi connectivity index (χ0) is 22.3. The maximum Gasteiger partial charge on any atom is 0.339 e. The van der Waals surface area contributed by atoms with Crippen LogP contribution in [0.4, 0.5) is 0 Å². The third-order valence-electron chi connectivity index (χ3n) is 3.78. The summed E-state index contributed by atoms with van der Waals surface area (Å²) < 4.78 is 36.2. The Bertz CT molecular complexity index is 1190. The van der Waals surface area contributed by atoms with Crippen LogP contribution in [0.25, 0.3) is 0 Å². The molecule has 10 heteroatoms. The van der Waals surface area contributed by atoms with E-state index in [-0.39, 0.29) is 17.3 Å². The third kappa shape index (κ3) is 6.81. The first-order valence-electron chi connectivity index (χ1n) is 8.83. The zero-order valence-electron chi connectivity index (χ0n) is 15.9. The average molecular weight is 524 g/mol. The van der Waals surface area contributed by atoms with E-state index >= 15 is 0 Å². The van der Waals surface area contributed by atoms with Gasteiger partial charge in [-0.1, -0.05) is 45.7 Å². The standard InChI is InChI=1S/C21H16BrClN2O5S/c22-16-6-11-20(30-31(27,28)19-4-2-1-3-5-19)15(12-16)13-24-25-21(26)14-29-18-9-7-17(23)8-10-18/h1-13H,14H2,(H,25,26)/b24-13-. The fourth-order valence-electron chi connectivity index (χ4n) is 2.34. The van der Waals surface area contributed by atoms with Gasteiger partial charge in [0.1, 0.15) is 10.6 Å². The summed E-state index contributed by atoms with van der Waals surface area (Å²) in [4.78, 5) is 11.9. The highest BCUT2D eigenvalue weighted by Crippen LogP contribution is 2.25. The summed E-state index contributed by atoms with van der Waals surface area (Å²) in [6.45, 7) is -0.261. The first kappa shape index (κ1) is 22.8. The van der Waals surface area contributed by atoms with Crippen LogP contribution in [0.5, 0.6) is 11.5 Å². The van der Waals surface area contributed by atoms with Gasteiger partial charge >= 0.3 is 10.1 Å². The molecule has 0 aliphatic carbocycles. The first-order chi connectivity index (χ1) is 14.8. The summed E-state index contributed by atoms with van der Waals surface area (Å²) in [6, 6.07) is 19.1. The summed E-state index contributed by atoms with van der Waals surface area (Å²) in [6.07, 6.45) is 1.28. The van der Waals surface area contributed by atoms with Crippen LogP contribution < -0.4 is 14.3 Å². The SMILES string of the molecule is O=C(COc1ccc(Cl)cc1)N/N=C\c1cc(Br)ccc1OS(=O)(=O)c1ccccc1. The molecule has 0 aliphatic heterocycles. The van der Waals surface area contributed by atoms with Gasteiger partial charge in [-0.15, -0.1) is 0 Å². The van der Waals surface area contributed by atoms with Gasteiger partial charge in [0.05, 0.1) is 6.21 Å². The van der Waals surface area contributed by atoms with E-state index < -0.39 is 16.0 Å². The Morgan fingerprint density at radius 1 is 1.06 bits per heavy atom. The number of halogens is 2. The van der Waals surface area contributed by atoms with E-state index in [0.29, 0.717) is 20.8 Å². The van der Waals surface area contributed by atoms with Crippen LogP contribution in [0.15, 0.2) is 87.3 Å². The molecule has 3 aromatic carbocycles. The summed E-state index contributed by atoms with van der Waals surface area (Å²) in [5.74, 6) is 0.0420. The summed E-state index contributed by atoms with van der Waals surface area (Å²) >= 11 is 9.11. The molecule has 0 unspecified atom stereocenters. The molecular weight excluding hydrogens is 508 g/mol. The highest BCUT2D eigenvalue weighted by atomic mass is 79.9. The molecule has 0 radical (unpaired) electrons. The maximum absolute atomic E-state index is 12.5. The highest BCUT2D eigenvalue weighted by Gasteiger charge is 2.18. The average Bonchev–Trinajstić information content (AvgIpc) is 2.76. The molecule has 0 aromatic heterocycles. The fraction of sp³-hybridized carbons (Fsp3) is 0.0476. The Kier molecular flexibility index (Phi) is 7.67. The second kappa shape index (κ2) is 10.4. The van der Waals surface area contributed by atoms with Gasteiger partial charge in [0.15, 0.2) is 12.4 Å². The lowest BCUT2D eigenvalue weighted by Gasteiger charge is -2.10. The van der Waals surface area contributed by atoms with Gasteiger partial charge in [0, 0.05) is 15.1 Å². The molecule has 3 aromatic rings. The van der Waals surface area contributed by atoms with Crippen molar-refractivity contribution in [3.8, 4) is 11.5 Å². The number of benzene rings is 3. The molecule has 1 amide bonds. The molecule has 0 saturated heterocycles. The zero-order valence-corrected chi connectivity index (χ0v) is 19.0. The van der Waals surface area contributed by atoms with Gasteiger partial charge in [-0.2, -0.15) is 13.5 Å². The van der Waals surface area contributed by atoms with Crippen LogP contribution >= 0.6 is 27.5 Å².